The normalized spacial score (nSPS) is 17.9. The second-order valence-electron chi connectivity index (χ2n) is 7.05. The molecular formula is C22H29NO2. The molecule has 0 amide bonds. The number of aryl methyl sites for hydroxylation is 1. The van der Waals surface area contributed by atoms with E-state index in [1.165, 1.54) is 30.4 Å². The van der Waals surface area contributed by atoms with Crippen LogP contribution in [-0.4, -0.2) is 34.7 Å². The van der Waals surface area contributed by atoms with E-state index in [-0.39, 0.29) is 6.61 Å². The molecule has 2 aromatic rings. The van der Waals surface area contributed by atoms with E-state index >= 15 is 0 Å². The van der Waals surface area contributed by atoms with Crippen LogP contribution >= 0.6 is 0 Å². The standard InChI is InChI=1S/C22H29NO2/c24-17-19-10-11-21-20(15-19)12-14-23(16-22(21)25)13-6-2-5-9-18-7-3-1-4-8-18/h1,3-4,7-8,10-11,15,22,24-25H,2,5-6,9,12-14,16-17H2. The molecule has 25 heavy (non-hydrogen) atoms. The number of benzene rings is 2. The van der Waals surface area contributed by atoms with Crippen LogP contribution in [0.2, 0.25) is 0 Å². The van der Waals surface area contributed by atoms with Crippen molar-refractivity contribution in [3.8, 4) is 0 Å². The van der Waals surface area contributed by atoms with Crippen molar-refractivity contribution in [2.45, 2.75) is 44.8 Å². The van der Waals surface area contributed by atoms with Crippen molar-refractivity contribution in [1.82, 2.24) is 4.90 Å². The SMILES string of the molecule is OCc1ccc2c(c1)CCN(CCCCCc1ccccc1)CC2O. The van der Waals surface area contributed by atoms with E-state index in [4.69, 9.17) is 0 Å². The minimum atomic E-state index is -0.422. The second-order valence-corrected chi connectivity index (χ2v) is 7.05. The van der Waals surface area contributed by atoms with Crippen molar-refractivity contribution in [2.75, 3.05) is 19.6 Å². The van der Waals surface area contributed by atoms with Gasteiger partial charge in [-0.2, -0.15) is 0 Å². The second kappa shape index (κ2) is 9.14. The maximum atomic E-state index is 10.5. The largest absolute Gasteiger partial charge is 0.392 e. The highest BCUT2D eigenvalue weighted by Gasteiger charge is 2.21. The molecule has 3 rings (SSSR count). The predicted octanol–water partition coefficient (Wildman–Crippen LogP) is 3.48. The van der Waals surface area contributed by atoms with Crippen LogP contribution in [0.3, 0.4) is 0 Å². The summed E-state index contributed by atoms with van der Waals surface area (Å²) < 4.78 is 0. The van der Waals surface area contributed by atoms with E-state index < -0.39 is 6.10 Å². The molecule has 3 nitrogen and oxygen atoms in total. The topological polar surface area (TPSA) is 43.7 Å². The van der Waals surface area contributed by atoms with Crippen LogP contribution < -0.4 is 0 Å². The molecule has 134 valence electrons. The van der Waals surface area contributed by atoms with Gasteiger partial charge in [-0.1, -0.05) is 55.0 Å². The van der Waals surface area contributed by atoms with Crippen LogP contribution in [0.1, 0.15) is 47.6 Å². The lowest BCUT2D eigenvalue weighted by molar-refractivity contribution is 0.119. The molecule has 1 unspecified atom stereocenters. The van der Waals surface area contributed by atoms with Crippen molar-refractivity contribution in [1.29, 1.82) is 0 Å². The fourth-order valence-corrected chi connectivity index (χ4v) is 3.70. The predicted molar refractivity (Wildman–Crippen MR) is 101 cm³/mol. The Bertz CT molecular complexity index is 656. The Kier molecular flexibility index (Phi) is 6.62. The van der Waals surface area contributed by atoms with E-state index in [1.54, 1.807) is 0 Å². The molecule has 3 heteroatoms. The third-order valence-corrected chi connectivity index (χ3v) is 5.16. The minimum Gasteiger partial charge on any atom is -0.392 e. The molecule has 1 heterocycles. The van der Waals surface area contributed by atoms with Gasteiger partial charge in [-0.3, -0.25) is 0 Å². The maximum Gasteiger partial charge on any atom is 0.0919 e. The van der Waals surface area contributed by atoms with E-state index in [0.29, 0.717) is 6.54 Å². The highest BCUT2D eigenvalue weighted by molar-refractivity contribution is 5.34. The highest BCUT2D eigenvalue weighted by Crippen LogP contribution is 2.25. The Morgan fingerprint density at radius 2 is 1.80 bits per heavy atom. The van der Waals surface area contributed by atoms with Gasteiger partial charge in [-0.25, -0.2) is 0 Å². The molecule has 1 aliphatic rings. The first-order valence-electron chi connectivity index (χ1n) is 9.43. The van der Waals surface area contributed by atoms with Gasteiger partial charge in [0.15, 0.2) is 0 Å². The number of rotatable bonds is 7. The maximum absolute atomic E-state index is 10.5. The number of aliphatic hydroxyl groups excluding tert-OH is 2. The van der Waals surface area contributed by atoms with Gasteiger partial charge < -0.3 is 15.1 Å². The lowest BCUT2D eigenvalue weighted by atomic mass is 9.99. The molecule has 2 aromatic carbocycles. The van der Waals surface area contributed by atoms with Gasteiger partial charge in [0, 0.05) is 13.1 Å². The molecule has 0 aliphatic carbocycles. The minimum absolute atomic E-state index is 0.0640. The van der Waals surface area contributed by atoms with Crippen LogP contribution in [0.4, 0.5) is 0 Å². The van der Waals surface area contributed by atoms with E-state index in [1.807, 2.05) is 18.2 Å². The number of fused-ring (bicyclic) bond motifs is 1. The number of hydrogen-bond acceptors (Lipinski definition) is 3. The summed E-state index contributed by atoms with van der Waals surface area (Å²) in [5.41, 5.74) is 4.57. The zero-order valence-electron chi connectivity index (χ0n) is 14.9. The van der Waals surface area contributed by atoms with Gasteiger partial charge >= 0.3 is 0 Å². The highest BCUT2D eigenvalue weighted by atomic mass is 16.3. The molecular weight excluding hydrogens is 310 g/mol. The summed E-state index contributed by atoms with van der Waals surface area (Å²) >= 11 is 0. The van der Waals surface area contributed by atoms with Gasteiger partial charge in [0.1, 0.15) is 0 Å². The fraction of sp³-hybridized carbons (Fsp3) is 0.455. The molecule has 2 N–H and O–H groups in total. The average Bonchev–Trinajstić information content (AvgIpc) is 2.81. The van der Waals surface area contributed by atoms with Gasteiger partial charge in [-0.05, 0) is 54.5 Å². The first-order chi connectivity index (χ1) is 12.3. The lowest BCUT2D eigenvalue weighted by Crippen LogP contribution is -2.29. The number of nitrogens with zero attached hydrogens (tertiary/aromatic N) is 1. The summed E-state index contributed by atoms with van der Waals surface area (Å²) in [5.74, 6) is 0. The van der Waals surface area contributed by atoms with Crippen LogP contribution in [0.25, 0.3) is 0 Å². The summed E-state index contributed by atoms with van der Waals surface area (Å²) in [7, 11) is 0. The number of unbranched alkanes of at least 4 members (excludes halogenated alkanes) is 2. The molecule has 1 aliphatic heterocycles. The lowest BCUT2D eigenvalue weighted by Gasteiger charge is -2.22. The number of hydrogen-bond donors (Lipinski definition) is 2. The molecule has 0 spiro atoms. The monoisotopic (exact) mass is 339 g/mol. The van der Waals surface area contributed by atoms with Gasteiger partial charge in [0.05, 0.1) is 12.7 Å². The van der Waals surface area contributed by atoms with Crippen molar-refractivity contribution < 1.29 is 10.2 Å². The summed E-state index contributed by atoms with van der Waals surface area (Å²) in [6, 6.07) is 16.6. The third-order valence-electron chi connectivity index (χ3n) is 5.16. The van der Waals surface area contributed by atoms with Crippen molar-refractivity contribution in [3.05, 3.63) is 70.8 Å². The van der Waals surface area contributed by atoms with Gasteiger partial charge in [0.2, 0.25) is 0 Å². The molecule has 0 aromatic heterocycles. The first-order valence-corrected chi connectivity index (χ1v) is 9.43. The van der Waals surface area contributed by atoms with Crippen LogP contribution in [0.15, 0.2) is 48.5 Å². The number of aliphatic hydroxyl groups is 2. The van der Waals surface area contributed by atoms with E-state index in [2.05, 4.69) is 35.2 Å². The molecule has 0 radical (unpaired) electrons. The average molecular weight is 339 g/mol. The summed E-state index contributed by atoms with van der Waals surface area (Å²) in [5, 5.41) is 19.8. The summed E-state index contributed by atoms with van der Waals surface area (Å²) in [6.07, 6.45) is 5.30. The van der Waals surface area contributed by atoms with Gasteiger partial charge in [-0.15, -0.1) is 0 Å². The Morgan fingerprint density at radius 3 is 2.60 bits per heavy atom. The Morgan fingerprint density at radius 1 is 0.960 bits per heavy atom. The molecule has 0 bridgehead atoms. The Hall–Kier alpha value is -1.68. The summed E-state index contributed by atoms with van der Waals surface area (Å²) in [4.78, 5) is 2.38. The van der Waals surface area contributed by atoms with Crippen molar-refractivity contribution >= 4 is 0 Å². The van der Waals surface area contributed by atoms with Crippen LogP contribution in [0, 0.1) is 0 Å². The van der Waals surface area contributed by atoms with Gasteiger partial charge in [0.25, 0.3) is 0 Å². The van der Waals surface area contributed by atoms with Crippen LogP contribution in [-0.2, 0) is 19.4 Å². The first kappa shape index (κ1) is 18.1. The molecule has 0 fully saturated rings. The Labute approximate surface area is 150 Å². The third kappa shape index (κ3) is 5.15. The molecule has 0 saturated carbocycles. The Balaban J connectivity index is 1.44. The molecule has 0 saturated heterocycles. The van der Waals surface area contributed by atoms with E-state index in [0.717, 1.165) is 37.1 Å². The van der Waals surface area contributed by atoms with Crippen LogP contribution in [0.5, 0.6) is 0 Å². The zero-order valence-corrected chi connectivity index (χ0v) is 14.9. The van der Waals surface area contributed by atoms with Crippen molar-refractivity contribution in [2.24, 2.45) is 0 Å². The van der Waals surface area contributed by atoms with Crippen molar-refractivity contribution in [3.63, 3.8) is 0 Å². The summed E-state index contributed by atoms with van der Waals surface area (Å²) in [6.45, 7) is 2.81. The smallest absolute Gasteiger partial charge is 0.0919 e. The van der Waals surface area contributed by atoms with E-state index in [9.17, 15) is 10.2 Å². The zero-order chi connectivity index (χ0) is 17.5. The number of β-amino-alcohol motifs (C(OH)–C–C–N with tert-alkyl or cyclic N) is 1. The molecule has 1 atom stereocenters. The fourth-order valence-electron chi connectivity index (χ4n) is 3.70. The quantitative estimate of drug-likeness (QED) is 0.759.